The minimum Gasteiger partial charge on any atom is -0.338 e. The van der Waals surface area contributed by atoms with E-state index in [4.69, 9.17) is 11.6 Å². The molecule has 1 fully saturated rings. The summed E-state index contributed by atoms with van der Waals surface area (Å²) in [6.07, 6.45) is 3.41. The molecule has 0 saturated carbocycles. The van der Waals surface area contributed by atoms with Gasteiger partial charge in [-0.1, -0.05) is 17.7 Å². The lowest BCUT2D eigenvalue weighted by molar-refractivity contribution is 0.251. The van der Waals surface area contributed by atoms with Gasteiger partial charge >= 0.3 is 6.03 Å². The Morgan fingerprint density at radius 1 is 1.53 bits per heavy atom. The van der Waals surface area contributed by atoms with Gasteiger partial charge in [0.1, 0.15) is 0 Å². The molecule has 104 valence electrons. The molecule has 0 unspecified atom stereocenters. The Bertz CT molecular complexity index is 444. The van der Waals surface area contributed by atoms with Crippen LogP contribution in [0.4, 0.5) is 10.5 Å². The summed E-state index contributed by atoms with van der Waals surface area (Å²) in [4.78, 5) is 11.7. The maximum Gasteiger partial charge on any atom is 0.319 e. The van der Waals surface area contributed by atoms with Gasteiger partial charge in [0, 0.05) is 23.3 Å². The summed E-state index contributed by atoms with van der Waals surface area (Å²) in [6, 6.07) is 5.86. The molecule has 19 heavy (non-hydrogen) atoms. The Morgan fingerprint density at radius 3 is 3.05 bits per heavy atom. The zero-order chi connectivity index (χ0) is 13.7. The first-order valence-electron chi connectivity index (χ1n) is 6.69. The van der Waals surface area contributed by atoms with E-state index < -0.39 is 0 Å². The fourth-order valence-corrected chi connectivity index (χ4v) is 2.39. The minimum atomic E-state index is -0.182. The molecule has 0 radical (unpaired) electrons. The Balaban J connectivity index is 1.72. The first-order chi connectivity index (χ1) is 9.15. The largest absolute Gasteiger partial charge is 0.338 e. The number of nitrogens with one attached hydrogen (secondary N) is 3. The number of amides is 2. The van der Waals surface area contributed by atoms with Gasteiger partial charge in [0.15, 0.2) is 0 Å². The number of urea groups is 1. The van der Waals surface area contributed by atoms with Crippen LogP contribution in [0.3, 0.4) is 0 Å². The Hall–Kier alpha value is -1.26. The molecule has 1 aliphatic rings. The maximum atomic E-state index is 11.7. The average Bonchev–Trinajstić information content (AvgIpc) is 2.87. The van der Waals surface area contributed by atoms with Crippen LogP contribution in [0.1, 0.15) is 24.8 Å². The Morgan fingerprint density at radius 2 is 2.37 bits per heavy atom. The van der Waals surface area contributed by atoms with Crippen molar-refractivity contribution in [2.45, 2.75) is 32.2 Å². The molecule has 5 heteroatoms. The summed E-state index contributed by atoms with van der Waals surface area (Å²) in [5.41, 5.74) is 1.71. The second kappa shape index (κ2) is 6.78. The zero-order valence-corrected chi connectivity index (χ0v) is 11.9. The fourth-order valence-electron chi connectivity index (χ4n) is 2.21. The van der Waals surface area contributed by atoms with E-state index in [0.717, 1.165) is 18.5 Å². The molecule has 1 aliphatic heterocycles. The van der Waals surface area contributed by atoms with Crippen LogP contribution >= 0.6 is 11.6 Å². The van der Waals surface area contributed by atoms with E-state index in [9.17, 15) is 4.79 Å². The summed E-state index contributed by atoms with van der Waals surface area (Å²) in [6.45, 7) is 3.71. The maximum absolute atomic E-state index is 11.7. The van der Waals surface area contributed by atoms with Gasteiger partial charge in [-0.25, -0.2) is 4.79 Å². The predicted molar refractivity (Wildman–Crippen MR) is 78.9 cm³/mol. The lowest BCUT2D eigenvalue weighted by Crippen LogP contribution is -2.33. The molecule has 0 bridgehead atoms. The second-order valence-corrected chi connectivity index (χ2v) is 5.33. The van der Waals surface area contributed by atoms with Crippen molar-refractivity contribution in [2.24, 2.45) is 0 Å². The van der Waals surface area contributed by atoms with Crippen molar-refractivity contribution >= 4 is 23.3 Å². The van der Waals surface area contributed by atoms with Gasteiger partial charge in [-0.2, -0.15) is 0 Å². The summed E-state index contributed by atoms with van der Waals surface area (Å²) in [5.74, 6) is 0. The predicted octanol–water partition coefficient (Wildman–Crippen LogP) is 2.91. The number of anilines is 1. The molecule has 1 aromatic rings. The van der Waals surface area contributed by atoms with Crippen molar-refractivity contribution in [3.8, 4) is 0 Å². The third kappa shape index (κ3) is 4.40. The van der Waals surface area contributed by atoms with Crippen molar-refractivity contribution in [1.29, 1.82) is 0 Å². The topological polar surface area (TPSA) is 53.2 Å². The first kappa shape index (κ1) is 14.2. The molecule has 2 rings (SSSR count). The fraction of sp³-hybridized carbons (Fsp3) is 0.500. The van der Waals surface area contributed by atoms with Crippen LogP contribution in [0.2, 0.25) is 5.02 Å². The highest BCUT2D eigenvalue weighted by molar-refractivity contribution is 6.31. The van der Waals surface area contributed by atoms with Gasteiger partial charge in [0.05, 0.1) is 0 Å². The van der Waals surface area contributed by atoms with Crippen LogP contribution in [0.5, 0.6) is 0 Å². The normalized spacial score (nSPS) is 18.3. The van der Waals surface area contributed by atoms with E-state index in [0.29, 0.717) is 23.3 Å². The molecule has 0 spiro atoms. The van der Waals surface area contributed by atoms with Crippen LogP contribution in [0.15, 0.2) is 18.2 Å². The number of hydrogen-bond donors (Lipinski definition) is 3. The number of hydrogen-bond acceptors (Lipinski definition) is 2. The number of carbonyl (C=O) groups is 1. The zero-order valence-electron chi connectivity index (χ0n) is 11.1. The Kier molecular flexibility index (Phi) is 5.05. The van der Waals surface area contributed by atoms with Crippen molar-refractivity contribution in [3.63, 3.8) is 0 Å². The van der Waals surface area contributed by atoms with E-state index in [1.807, 2.05) is 19.1 Å². The molecular formula is C14H20ClN3O. The van der Waals surface area contributed by atoms with Crippen molar-refractivity contribution < 1.29 is 4.79 Å². The summed E-state index contributed by atoms with van der Waals surface area (Å²) >= 11 is 6.01. The van der Waals surface area contributed by atoms with E-state index in [2.05, 4.69) is 16.0 Å². The van der Waals surface area contributed by atoms with Gasteiger partial charge in [0.2, 0.25) is 0 Å². The highest BCUT2D eigenvalue weighted by Gasteiger charge is 2.13. The Labute approximate surface area is 118 Å². The van der Waals surface area contributed by atoms with Crippen molar-refractivity contribution in [1.82, 2.24) is 10.6 Å². The molecule has 1 aromatic carbocycles. The van der Waals surface area contributed by atoms with Crippen LogP contribution in [0, 0.1) is 6.92 Å². The first-order valence-corrected chi connectivity index (χ1v) is 7.07. The third-order valence-electron chi connectivity index (χ3n) is 3.37. The third-order valence-corrected chi connectivity index (χ3v) is 3.78. The monoisotopic (exact) mass is 281 g/mol. The van der Waals surface area contributed by atoms with E-state index in [1.165, 1.54) is 12.8 Å². The standard InChI is InChI=1S/C14H20ClN3O/c1-10-4-5-12(9-13(10)15)18-14(19)17-8-6-11-3-2-7-16-11/h4-5,9,11,16H,2-3,6-8H2,1H3,(H2,17,18,19)/t11-/m0/s1. The van der Waals surface area contributed by atoms with Crippen LogP contribution in [-0.2, 0) is 0 Å². The molecule has 0 aromatic heterocycles. The summed E-state index contributed by atoms with van der Waals surface area (Å²) < 4.78 is 0. The SMILES string of the molecule is Cc1ccc(NC(=O)NCC[C@@H]2CCCN2)cc1Cl. The van der Waals surface area contributed by atoms with Gasteiger partial charge in [-0.05, 0) is 50.4 Å². The quantitative estimate of drug-likeness (QED) is 0.795. The minimum absolute atomic E-state index is 0.182. The van der Waals surface area contributed by atoms with E-state index in [1.54, 1.807) is 6.07 Å². The highest BCUT2D eigenvalue weighted by Crippen LogP contribution is 2.19. The van der Waals surface area contributed by atoms with Gasteiger partial charge in [-0.15, -0.1) is 0 Å². The molecule has 0 aliphatic carbocycles. The van der Waals surface area contributed by atoms with Crippen LogP contribution in [-0.4, -0.2) is 25.2 Å². The summed E-state index contributed by atoms with van der Waals surface area (Å²) in [5, 5.41) is 9.70. The average molecular weight is 282 g/mol. The molecular weight excluding hydrogens is 262 g/mol. The lowest BCUT2D eigenvalue weighted by Gasteiger charge is -2.12. The number of benzene rings is 1. The smallest absolute Gasteiger partial charge is 0.319 e. The molecule has 2 amide bonds. The molecule has 1 saturated heterocycles. The van der Waals surface area contributed by atoms with E-state index >= 15 is 0 Å². The van der Waals surface area contributed by atoms with Crippen molar-refractivity contribution in [2.75, 3.05) is 18.4 Å². The van der Waals surface area contributed by atoms with Gasteiger partial charge < -0.3 is 16.0 Å². The highest BCUT2D eigenvalue weighted by atomic mass is 35.5. The number of rotatable bonds is 4. The lowest BCUT2D eigenvalue weighted by atomic mass is 10.1. The number of aryl methyl sites for hydroxylation is 1. The van der Waals surface area contributed by atoms with Crippen LogP contribution < -0.4 is 16.0 Å². The second-order valence-electron chi connectivity index (χ2n) is 4.93. The molecule has 3 N–H and O–H groups in total. The van der Waals surface area contributed by atoms with Crippen molar-refractivity contribution in [3.05, 3.63) is 28.8 Å². The summed E-state index contributed by atoms with van der Waals surface area (Å²) in [7, 11) is 0. The number of carbonyl (C=O) groups excluding carboxylic acids is 1. The van der Waals surface area contributed by atoms with Gasteiger partial charge in [0.25, 0.3) is 0 Å². The number of halogens is 1. The molecule has 4 nitrogen and oxygen atoms in total. The van der Waals surface area contributed by atoms with E-state index in [-0.39, 0.29) is 6.03 Å². The van der Waals surface area contributed by atoms with Gasteiger partial charge in [-0.3, -0.25) is 0 Å². The molecule has 1 heterocycles. The van der Waals surface area contributed by atoms with Crippen LogP contribution in [0.25, 0.3) is 0 Å². The molecule has 1 atom stereocenters.